The second-order valence-corrected chi connectivity index (χ2v) is 8.07. The summed E-state index contributed by atoms with van der Waals surface area (Å²) < 4.78 is 20.4. The Morgan fingerprint density at radius 2 is 1.70 bits per heavy atom. The lowest BCUT2D eigenvalue weighted by Crippen LogP contribution is -2.12. The Labute approximate surface area is 167 Å². The third-order valence-electron chi connectivity index (χ3n) is 5.92. The molecule has 3 heteroatoms. The van der Waals surface area contributed by atoms with Crippen LogP contribution in [0.2, 0.25) is 5.02 Å². The maximum absolute atomic E-state index is 14.8. The Bertz CT molecular complexity index is 733. The second kappa shape index (κ2) is 9.59. The largest absolute Gasteiger partial charge is 0.492 e. The second-order valence-electron chi connectivity index (χ2n) is 7.69. The summed E-state index contributed by atoms with van der Waals surface area (Å²) in [6, 6.07) is 11.9. The van der Waals surface area contributed by atoms with Crippen LogP contribution >= 0.6 is 11.6 Å². The Balaban J connectivity index is 1.72. The van der Waals surface area contributed by atoms with Crippen molar-refractivity contribution in [1.29, 1.82) is 0 Å². The molecule has 1 aliphatic rings. The minimum absolute atomic E-state index is 0.0746. The van der Waals surface area contributed by atoms with Crippen molar-refractivity contribution >= 4 is 11.6 Å². The molecule has 0 spiro atoms. The van der Waals surface area contributed by atoms with E-state index in [1.54, 1.807) is 12.1 Å². The van der Waals surface area contributed by atoms with Gasteiger partial charge in [0.05, 0.1) is 6.61 Å². The smallest absolute Gasteiger partial charge is 0.153 e. The molecule has 146 valence electrons. The Morgan fingerprint density at radius 3 is 2.33 bits per heavy atom. The lowest BCUT2D eigenvalue weighted by Gasteiger charge is -2.28. The van der Waals surface area contributed by atoms with Gasteiger partial charge in [0.15, 0.2) is 5.82 Å². The highest BCUT2D eigenvalue weighted by atomic mass is 35.5. The number of hydrogen-bond donors (Lipinski definition) is 0. The number of hydrogen-bond acceptors (Lipinski definition) is 1. The van der Waals surface area contributed by atoms with Crippen LogP contribution in [0.25, 0.3) is 11.1 Å². The molecule has 0 aliphatic heterocycles. The van der Waals surface area contributed by atoms with Crippen molar-refractivity contribution < 1.29 is 9.13 Å². The van der Waals surface area contributed by atoms with E-state index in [1.165, 1.54) is 37.7 Å². The molecule has 3 rings (SSSR count). The first kappa shape index (κ1) is 20.2. The van der Waals surface area contributed by atoms with Crippen LogP contribution in [0.4, 0.5) is 4.39 Å². The monoisotopic (exact) mass is 388 g/mol. The first-order chi connectivity index (χ1) is 13.1. The lowest BCUT2D eigenvalue weighted by atomic mass is 9.77. The highest BCUT2D eigenvalue weighted by molar-refractivity contribution is 6.32. The lowest BCUT2D eigenvalue weighted by molar-refractivity contribution is 0.308. The molecule has 0 heterocycles. The summed E-state index contributed by atoms with van der Waals surface area (Å²) in [7, 11) is 0. The van der Waals surface area contributed by atoms with Gasteiger partial charge in [-0.15, -0.1) is 0 Å². The van der Waals surface area contributed by atoms with E-state index in [1.807, 2.05) is 12.1 Å². The quantitative estimate of drug-likeness (QED) is 0.436. The van der Waals surface area contributed by atoms with E-state index in [2.05, 4.69) is 26.0 Å². The van der Waals surface area contributed by atoms with Gasteiger partial charge < -0.3 is 4.74 Å². The molecule has 0 bridgehead atoms. The molecule has 0 radical (unpaired) electrons. The Kier molecular flexibility index (Phi) is 7.18. The average Bonchev–Trinajstić information content (AvgIpc) is 2.72. The van der Waals surface area contributed by atoms with Crippen LogP contribution in [0.3, 0.4) is 0 Å². The molecule has 1 saturated carbocycles. The first-order valence-corrected chi connectivity index (χ1v) is 10.7. The van der Waals surface area contributed by atoms with Gasteiger partial charge in [-0.05, 0) is 67.2 Å². The summed E-state index contributed by atoms with van der Waals surface area (Å²) >= 11 is 6.21. The van der Waals surface area contributed by atoms with Crippen LogP contribution in [-0.4, -0.2) is 6.61 Å². The van der Waals surface area contributed by atoms with Crippen molar-refractivity contribution in [2.45, 2.75) is 64.7 Å². The molecule has 0 unspecified atom stereocenters. The van der Waals surface area contributed by atoms with Crippen LogP contribution in [0.15, 0.2) is 36.4 Å². The summed E-state index contributed by atoms with van der Waals surface area (Å²) in [6.07, 6.45) is 8.44. The van der Waals surface area contributed by atoms with Crippen LogP contribution in [0.5, 0.6) is 5.75 Å². The van der Waals surface area contributed by atoms with Gasteiger partial charge in [0.25, 0.3) is 0 Å². The van der Waals surface area contributed by atoms with Gasteiger partial charge in [-0.2, -0.15) is 0 Å². The number of unbranched alkanes of at least 4 members (excludes halogenated alkanes) is 1. The molecule has 0 amide bonds. The zero-order chi connectivity index (χ0) is 19.2. The van der Waals surface area contributed by atoms with E-state index in [0.29, 0.717) is 23.8 Å². The predicted molar refractivity (Wildman–Crippen MR) is 112 cm³/mol. The topological polar surface area (TPSA) is 9.23 Å². The third-order valence-corrected chi connectivity index (χ3v) is 6.27. The number of rotatable bonds is 7. The summed E-state index contributed by atoms with van der Waals surface area (Å²) in [6.45, 7) is 4.94. The summed E-state index contributed by atoms with van der Waals surface area (Å²) in [5.41, 5.74) is 2.77. The Morgan fingerprint density at radius 1 is 1.00 bits per heavy atom. The fourth-order valence-corrected chi connectivity index (χ4v) is 4.25. The maximum atomic E-state index is 14.8. The van der Waals surface area contributed by atoms with Crippen molar-refractivity contribution in [3.8, 4) is 16.9 Å². The van der Waals surface area contributed by atoms with Gasteiger partial charge >= 0.3 is 0 Å². The van der Waals surface area contributed by atoms with Gasteiger partial charge in [0, 0.05) is 5.56 Å². The highest BCUT2D eigenvalue weighted by Gasteiger charge is 2.21. The minimum atomic E-state index is -0.401. The van der Waals surface area contributed by atoms with E-state index in [4.69, 9.17) is 16.3 Å². The molecule has 0 N–H and O–H groups in total. The fraction of sp³-hybridized carbons (Fsp3) is 0.500. The van der Waals surface area contributed by atoms with E-state index < -0.39 is 5.82 Å². The summed E-state index contributed by atoms with van der Waals surface area (Å²) in [5.74, 6) is 1.57. The molecule has 2 aromatic carbocycles. The molecule has 2 aromatic rings. The van der Waals surface area contributed by atoms with Crippen LogP contribution in [-0.2, 0) is 0 Å². The number of ether oxygens (including phenoxy) is 1. The van der Waals surface area contributed by atoms with E-state index in [9.17, 15) is 4.39 Å². The first-order valence-electron chi connectivity index (χ1n) is 10.3. The summed E-state index contributed by atoms with van der Waals surface area (Å²) in [5, 5.41) is 0.0746. The normalized spacial score (nSPS) is 19.9. The SMILES string of the molecule is CCCCOc1ccc(-c2ccc(C3CCC(CC)CC3)cc2)c(F)c1Cl. The van der Waals surface area contributed by atoms with Crippen LogP contribution in [0.1, 0.15) is 70.3 Å². The molecule has 0 saturated heterocycles. The fourth-order valence-electron chi connectivity index (χ4n) is 4.03. The highest BCUT2D eigenvalue weighted by Crippen LogP contribution is 2.39. The van der Waals surface area contributed by atoms with Gasteiger partial charge in [0.1, 0.15) is 10.8 Å². The average molecular weight is 389 g/mol. The number of benzene rings is 2. The van der Waals surface area contributed by atoms with Crippen molar-refractivity contribution in [2.24, 2.45) is 5.92 Å². The standard InChI is InChI=1S/C24H30ClFO/c1-3-5-16-27-22-15-14-21(24(26)23(22)25)20-12-10-19(11-13-20)18-8-6-17(4-2)7-9-18/h10-15,17-18H,3-9,16H2,1-2H3. The van der Waals surface area contributed by atoms with Gasteiger partial charge in [-0.3, -0.25) is 0 Å². The van der Waals surface area contributed by atoms with Gasteiger partial charge in [0.2, 0.25) is 0 Å². The molecular weight excluding hydrogens is 359 g/mol. The molecule has 0 aromatic heterocycles. The molecule has 1 aliphatic carbocycles. The van der Waals surface area contributed by atoms with Crippen LogP contribution in [0, 0.1) is 11.7 Å². The van der Waals surface area contributed by atoms with E-state index in [-0.39, 0.29) is 5.02 Å². The summed E-state index contributed by atoms with van der Waals surface area (Å²) in [4.78, 5) is 0. The molecular formula is C24H30ClFO. The zero-order valence-electron chi connectivity index (χ0n) is 16.4. The predicted octanol–water partition coefficient (Wildman–Crippen LogP) is 8.01. The molecule has 0 atom stereocenters. The van der Waals surface area contributed by atoms with E-state index in [0.717, 1.165) is 24.3 Å². The molecule has 1 fully saturated rings. The van der Waals surface area contributed by atoms with Gasteiger partial charge in [-0.1, -0.05) is 62.6 Å². The van der Waals surface area contributed by atoms with Crippen molar-refractivity contribution in [3.63, 3.8) is 0 Å². The van der Waals surface area contributed by atoms with Crippen molar-refractivity contribution in [2.75, 3.05) is 6.61 Å². The van der Waals surface area contributed by atoms with Crippen molar-refractivity contribution in [3.05, 3.63) is 52.8 Å². The van der Waals surface area contributed by atoms with Crippen molar-refractivity contribution in [1.82, 2.24) is 0 Å². The minimum Gasteiger partial charge on any atom is -0.492 e. The van der Waals surface area contributed by atoms with Crippen LogP contribution < -0.4 is 4.74 Å². The maximum Gasteiger partial charge on any atom is 0.153 e. The molecule has 27 heavy (non-hydrogen) atoms. The third kappa shape index (κ3) is 4.85. The number of halogens is 2. The molecule has 1 nitrogen and oxygen atoms in total. The van der Waals surface area contributed by atoms with Gasteiger partial charge in [-0.25, -0.2) is 4.39 Å². The van der Waals surface area contributed by atoms with E-state index >= 15 is 0 Å². The zero-order valence-corrected chi connectivity index (χ0v) is 17.2. The Hall–Kier alpha value is -1.54.